The van der Waals surface area contributed by atoms with Gasteiger partial charge in [-0.2, -0.15) is 5.10 Å². The van der Waals surface area contributed by atoms with Crippen LogP contribution in [0.3, 0.4) is 0 Å². The maximum Gasteiger partial charge on any atom is 0.250 e. The molecule has 0 saturated carbocycles. The largest absolute Gasteiger partial charge is 0.494 e. The smallest absolute Gasteiger partial charge is 0.250 e. The van der Waals surface area contributed by atoms with Crippen molar-refractivity contribution in [1.29, 1.82) is 0 Å². The lowest BCUT2D eigenvalue weighted by Crippen LogP contribution is -2.18. The average molecular weight is 523 g/mol. The Morgan fingerprint density at radius 3 is 2.49 bits per heavy atom. The van der Waals surface area contributed by atoms with E-state index in [1.807, 2.05) is 24.3 Å². The number of methoxy groups -OCH3 is 1. The fraction of sp³-hybridized carbons (Fsp3) is 0.154. The molecule has 5 rings (SSSR count). The van der Waals surface area contributed by atoms with Gasteiger partial charge in [0.2, 0.25) is 0 Å². The van der Waals surface area contributed by atoms with Crippen LogP contribution >= 0.6 is 11.6 Å². The molecule has 3 heterocycles. The molecule has 0 saturated heterocycles. The number of fused-ring (bicyclic) bond motifs is 1. The van der Waals surface area contributed by atoms with Crippen LogP contribution in [-0.2, 0) is 19.6 Å². The summed E-state index contributed by atoms with van der Waals surface area (Å²) in [6.45, 7) is 0.736. The third-order valence-electron chi connectivity index (χ3n) is 5.84. The second-order valence-corrected chi connectivity index (χ2v) is 8.75. The molecule has 3 aromatic heterocycles. The molecule has 0 radical (unpaired) electrons. The summed E-state index contributed by atoms with van der Waals surface area (Å²) in [6, 6.07) is 13.2. The Morgan fingerprint density at radius 2 is 1.73 bits per heavy atom. The van der Waals surface area contributed by atoms with Crippen molar-refractivity contribution in [2.45, 2.75) is 19.6 Å². The summed E-state index contributed by atoms with van der Waals surface area (Å²) in [5, 5.41) is 8.58. The van der Waals surface area contributed by atoms with Crippen LogP contribution in [0, 0.1) is 11.6 Å². The molecule has 0 aliphatic heterocycles. The molecule has 0 amide bonds. The van der Waals surface area contributed by atoms with E-state index in [1.165, 1.54) is 25.6 Å². The Hall–Kier alpha value is -4.31. The molecule has 0 fully saturated rings. The van der Waals surface area contributed by atoms with Gasteiger partial charge >= 0.3 is 0 Å². The SMILES string of the molecule is COc1ccc(F)c(CNc2ncnc3nn(Cc4ccc(Cn5cc(Cl)ccc5=O)cc4)cc23)c1F. The van der Waals surface area contributed by atoms with Gasteiger partial charge in [-0.15, -0.1) is 0 Å². The van der Waals surface area contributed by atoms with Crippen LogP contribution in [0.2, 0.25) is 5.02 Å². The number of pyridine rings is 1. The lowest BCUT2D eigenvalue weighted by Gasteiger charge is -2.10. The van der Waals surface area contributed by atoms with Crippen LogP contribution in [0.1, 0.15) is 16.7 Å². The molecule has 188 valence electrons. The number of rotatable bonds is 8. The lowest BCUT2D eigenvalue weighted by atomic mass is 10.1. The third kappa shape index (κ3) is 5.29. The summed E-state index contributed by atoms with van der Waals surface area (Å²) >= 11 is 6.00. The van der Waals surface area contributed by atoms with Gasteiger partial charge in [0.25, 0.3) is 5.56 Å². The standard InChI is InChI=1S/C26H21ClF2N6O2/c1-37-22-8-7-21(28)19(24(22)29)10-30-25-20-14-35(33-26(20)32-15-31-25)12-17-4-2-16(3-5-17)11-34-13-18(27)6-9-23(34)36/h2-9,13-15H,10-12H2,1H3,(H,30,31,32,33). The minimum absolute atomic E-state index is 0.0375. The molecule has 2 aromatic carbocycles. The van der Waals surface area contributed by atoms with Crippen LogP contribution in [0.15, 0.2) is 72.0 Å². The maximum absolute atomic E-state index is 14.5. The number of halogens is 3. The van der Waals surface area contributed by atoms with Crippen molar-refractivity contribution in [3.63, 3.8) is 0 Å². The van der Waals surface area contributed by atoms with E-state index in [2.05, 4.69) is 20.4 Å². The minimum Gasteiger partial charge on any atom is -0.494 e. The van der Waals surface area contributed by atoms with Crippen LogP contribution in [0.25, 0.3) is 11.0 Å². The summed E-state index contributed by atoms with van der Waals surface area (Å²) in [6.07, 6.45) is 4.72. The van der Waals surface area contributed by atoms with E-state index in [0.29, 0.717) is 35.0 Å². The lowest BCUT2D eigenvalue weighted by molar-refractivity contribution is 0.381. The van der Waals surface area contributed by atoms with E-state index in [0.717, 1.165) is 17.2 Å². The zero-order chi connectivity index (χ0) is 25.9. The summed E-state index contributed by atoms with van der Waals surface area (Å²) < 4.78 is 36.9. The molecule has 0 spiro atoms. The molecule has 0 unspecified atom stereocenters. The van der Waals surface area contributed by atoms with E-state index >= 15 is 0 Å². The predicted molar refractivity (Wildman–Crippen MR) is 136 cm³/mol. The van der Waals surface area contributed by atoms with Gasteiger partial charge in [0.15, 0.2) is 17.2 Å². The Bertz CT molecular complexity index is 1640. The molecule has 0 aliphatic carbocycles. The Balaban J connectivity index is 1.31. The number of hydrogen-bond donors (Lipinski definition) is 1. The van der Waals surface area contributed by atoms with Gasteiger partial charge in [-0.05, 0) is 29.3 Å². The first-order valence-corrected chi connectivity index (χ1v) is 11.7. The quantitative estimate of drug-likeness (QED) is 0.319. The highest BCUT2D eigenvalue weighted by molar-refractivity contribution is 6.30. The highest BCUT2D eigenvalue weighted by Crippen LogP contribution is 2.25. The summed E-state index contributed by atoms with van der Waals surface area (Å²) in [7, 11) is 1.32. The van der Waals surface area contributed by atoms with Gasteiger partial charge in [0.05, 0.1) is 30.6 Å². The van der Waals surface area contributed by atoms with Gasteiger partial charge in [-0.3, -0.25) is 9.48 Å². The second kappa shape index (κ2) is 10.4. The first-order chi connectivity index (χ1) is 17.9. The van der Waals surface area contributed by atoms with Gasteiger partial charge in [-0.1, -0.05) is 35.9 Å². The summed E-state index contributed by atoms with van der Waals surface area (Å²) in [5.41, 5.74) is 2.10. The normalized spacial score (nSPS) is 11.1. The zero-order valence-corrected chi connectivity index (χ0v) is 20.4. The molecule has 0 bridgehead atoms. The number of anilines is 1. The highest BCUT2D eigenvalue weighted by atomic mass is 35.5. The van der Waals surface area contributed by atoms with Crippen molar-refractivity contribution in [2.24, 2.45) is 0 Å². The van der Waals surface area contributed by atoms with Crippen molar-refractivity contribution in [3.05, 3.63) is 111 Å². The second-order valence-electron chi connectivity index (χ2n) is 8.31. The molecular weight excluding hydrogens is 502 g/mol. The number of nitrogens with one attached hydrogen (secondary N) is 1. The fourth-order valence-electron chi connectivity index (χ4n) is 3.93. The molecule has 0 aliphatic rings. The van der Waals surface area contributed by atoms with E-state index in [4.69, 9.17) is 16.3 Å². The Labute approximate surface area is 215 Å². The van der Waals surface area contributed by atoms with E-state index in [1.54, 1.807) is 27.7 Å². The third-order valence-corrected chi connectivity index (χ3v) is 6.06. The van der Waals surface area contributed by atoms with Crippen LogP contribution < -0.4 is 15.6 Å². The van der Waals surface area contributed by atoms with Crippen LogP contribution in [0.5, 0.6) is 5.75 Å². The van der Waals surface area contributed by atoms with Crippen molar-refractivity contribution in [1.82, 2.24) is 24.3 Å². The molecular formula is C26H21ClF2N6O2. The van der Waals surface area contributed by atoms with Crippen LogP contribution in [-0.4, -0.2) is 31.4 Å². The van der Waals surface area contributed by atoms with Crippen molar-refractivity contribution in [2.75, 3.05) is 12.4 Å². The molecule has 11 heteroatoms. The van der Waals surface area contributed by atoms with E-state index in [9.17, 15) is 13.6 Å². The number of nitrogens with zero attached hydrogens (tertiary/aromatic N) is 5. The first-order valence-electron chi connectivity index (χ1n) is 11.3. The molecule has 0 atom stereocenters. The summed E-state index contributed by atoms with van der Waals surface area (Å²) in [4.78, 5) is 20.4. The Kier molecular flexibility index (Phi) is 6.82. The van der Waals surface area contributed by atoms with Gasteiger partial charge in [0, 0.05) is 30.6 Å². The predicted octanol–water partition coefficient (Wildman–Crippen LogP) is 4.64. The number of benzene rings is 2. The molecule has 37 heavy (non-hydrogen) atoms. The van der Waals surface area contributed by atoms with E-state index < -0.39 is 11.6 Å². The Morgan fingerprint density at radius 1 is 0.973 bits per heavy atom. The highest BCUT2D eigenvalue weighted by Gasteiger charge is 2.16. The number of aromatic nitrogens is 5. The average Bonchev–Trinajstić information content (AvgIpc) is 3.30. The van der Waals surface area contributed by atoms with Gasteiger partial charge in [0.1, 0.15) is 18.0 Å². The minimum atomic E-state index is -0.764. The van der Waals surface area contributed by atoms with Crippen molar-refractivity contribution in [3.8, 4) is 5.75 Å². The van der Waals surface area contributed by atoms with Gasteiger partial charge in [-0.25, -0.2) is 18.7 Å². The summed E-state index contributed by atoms with van der Waals surface area (Å²) in [5.74, 6) is -1.08. The maximum atomic E-state index is 14.5. The van der Waals surface area contributed by atoms with Gasteiger partial charge < -0.3 is 14.6 Å². The monoisotopic (exact) mass is 522 g/mol. The van der Waals surface area contributed by atoms with Crippen LogP contribution in [0.4, 0.5) is 14.6 Å². The first kappa shape index (κ1) is 24.4. The van der Waals surface area contributed by atoms with Crippen molar-refractivity contribution >= 4 is 28.5 Å². The fourth-order valence-corrected chi connectivity index (χ4v) is 4.11. The zero-order valence-electron chi connectivity index (χ0n) is 19.7. The topological polar surface area (TPSA) is 86.9 Å². The molecule has 1 N–H and O–H groups in total. The van der Waals surface area contributed by atoms with E-state index in [-0.39, 0.29) is 23.4 Å². The van der Waals surface area contributed by atoms with Crippen molar-refractivity contribution < 1.29 is 13.5 Å². The number of ether oxygens (including phenoxy) is 1. The number of hydrogen-bond acceptors (Lipinski definition) is 6. The molecule has 8 nitrogen and oxygen atoms in total. The molecule has 5 aromatic rings.